The van der Waals surface area contributed by atoms with Gasteiger partial charge < -0.3 is 5.32 Å². The van der Waals surface area contributed by atoms with Crippen molar-refractivity contribution in [2.24, 2.45) is 0 Å². The first-order chi connectivity index (χ1) is 8.27. The monoisotopic (exact) mass is 252 g/mol. The van der Waals surface area contributed by atoms with Crippen LogP contribution in [-0.2, 0) is 0 Å². The van der Waals surface area contributed by atoms with E-state index in [1.54, 1.807) is 0 Å². The van der Waals surface area contributed by atoms with Crippen molar-refractivity contribution in [3.8, 4) is 0 Å². The van der Waals surface area contributed by atoms with Crippen molar-refractivity contribution in [2.45, 2.75) is 52.0 Å². The predicted molar refractivity (Wildman–Crippen MR) is 76.6 cm³/mol. The smallest absolute Gasteiger partial charge is 0.0897 e. The zero-order valence-electron chi connectivity index (χ0n) is 11.0. The predicted octanol–water partition coefficient (Wildman–Crippen LogP) is 4.24. The molecule has 0 amide bonds. The Balaban J connectivity index is 2.35. The van der Waals surface area contributed by atoms with E-state index in [9.17, 15) is 0 Å². The van der Waals surface area contributed by atoms with Gasteiger partial charge in [-0.3, -0.25) is 0 Å². The number of allylic oxidation sites excluding steroid dienone is 1. The van der Waals surface area contributed by atoms with Crippen LogP contribution in [0.15, 0.2) is 18.9 Å². The van der Waals surface area contributed by atoms with Crippen molar-refractivity contribution in [2.75, 3.05) is 6.54 Å². The minimum absolute atomic E-state index is 0.495. The molecule has 3 heteroatoms. The lowest BCUT2D eigenvalue weighted by atomic mass is 10.1. The topological polar surface area (TPSA) is 24.9 Å². The molecule has 0 aliphatic rings. The molecule has 96 valence electrons. The van der Waals surface area contributed by atoms with Gasteiger partial charge in [-0.05, 0) is 32.7 Å². The van der Waals surface area contributed by atoms with Crippen molar-refractivity contribution < 1.29 is 0 Å². The molecule has 1 aromatic rings. The molecule has 2 nitrogen and oxygen atoms in total. The molecular weight excluding hydrogens is 228 g/mol. The Morgan fingerprint density at radius 2 is 2.29 bits per heavy atom. The third kappa shape index (κ3) is 5.46. The number of nitrogens with one attached hydrogen (secondary N) is 1. The van der Waals surface area contributed by atoms with Crippen LogP contribution in [0, 0.1) is 6.92 Å². The molecule has 1 aromatic heterocycles. The van der Waals surface area contributed by atoms with Gasteiger partial charge in [-0.1, -0.05) is 25.8 Å². The van der Waals surface area contributed by atoms with Crippen LogP contribution in [0.5, 0.6) is 0 Å². The van der Waals surface area contributed by atoms with Gasteiger partial charge in [0.25, 0.3) is 0 Å². The second-order valence-corrected chi connectivity index (χ2v) is 5.58. The van der Waals surface area contributed by atoms with Crippen LogP contribution in [0.25, 0.3) is 0 Å². The highest BCUT2D eigenvalue weighted by Gasteiger charge is 2.12. The first-order valence-electron chi connectivity index (χ1n) is 6.54. The van der Waals surface area contributed by atoms with Crippen LogP contribution < -0.4 is 5.32 Å². The number of rotatable bonds is 9. The van der Waals surface area contributed by atoms with Crippen molar-refractivity contribution in [1.29, 1.82) is 0 Å². The van der Waals surface area contributed by atoms with Gasteiger partial charge in [0.1, 0.15) is 0 Å². The van der Waals surface area contributed by atoms with Crippen LogP contribution in [0.3, 0.4) is 0 Å². The maximum Gasteiger partial charge on any atom is 0.0897 e. The lowest BCUT2D eigenvalue weighted by Gasteiger charge is -2.15. The highest BCUT2D eigenvalue weighted by atomic mass is 32.1. The summed E-state index contributed by atoms with van der Waals surface area (Å²) in [5.74, 6) is 0. The lowest BCUT2D eigenvalue weighted by molar-refractivity contribution is 0.489. The normalized spacial score (nSPS) is 12.6. The van der Waals surface area contributed by atoms with Crippen molar-refractivity contribution in [3.63, 3.8) is 0 Å². The largest absolute Gasteiger partial charge is 0.309 e. The number of hydrogen-bond acceptors (Lipinski definition) is 3. The molecule has 0 aliphatic carbocycles. The van der Waals surface area contributed by atoms with E-state index in [0.717, 1.165) is 18.0 Å². The van der Waals surface area contributed by atoms with E-state index in [0.29, 0.717) is 6.04 Å². The summed E-state index contributed by atoms with van der Waals surface area (Å²) < 4.78 is 0. The van der Waals surface area contributed by atoms with Gasteiger partial charge in [0, 0.05) is 17.1 Å². The Morgan fingerprint density at radius 1 is 1.47 bits per heavy atom. The molecule has 0 spiro atoms. The van der Waals surface area contributed by atoms with E-state index < -0.39 is 0 Å². The summed E-state index contributed by atoms with van der Waals surface area (Å²) in [5, 5.41) is 4.72. The summed E-state index contributed by atoms with van der Waals surface area (Å²) in [6.07, 6.45) is 10.2. The average Bonchev–Trinajstić information content (AvgIpc) is 2.74. The Morgan fingerprint density at radius 3 is 2.88 bits per heavy atom. The third-order valence-corrected chi connectivity index (χ3v) is 3.86. The molecule has 0 saturated carbocycles. The molecule has 0 radical (unpaired) electrons. The van der Waals surface area contributed by atoms with Crippen LogP contribution in [0.4, 0.5) is 0 Å². The van der Waals surface area contributed by atoms with E-state index in [1.165, 1.54) is 30.6 Å². The number of aryl methyl sites for hydroxylation is 1. The molecule has 1 rings (SSSR count). The summed E-state index contributed by atoms with van der Waals surface area (Å²) in [5.41, 5.74) is 0. The second kappa shape index (κ2) is 8.43. The fraction of sp³-hybridized carbons (Fsp3) is 0.643. The SMILES string of the molecule is C=CCCCCCC(NCC)c1cnc(C)s1. The number of nitrogens with zero attached hydrogens (tertiary/aromatic N) is 1. The van der Waals surface area contributed by atoms with Crippen molar-refractivity contribution in [1.82, 2.24) is 10.3 Å². The van der Waals surface area contributed by atoms with Gasteiger partial charge in [0.05, 0.1) is 5.01 Å². The zero-order valence-corrected chi connectivity index (χ0v) is 11.9. The fourth-order valence-electron chi connectivity index (χ4n) is 1.94. The minimum Gasteiger partial charge on any atom is -0.309 e. The Labute approximate surface area is 109 Å². The summed E-state index contributed by atoms with van der Waals surface area (Å²) >= 11 is 1.81. The summed E-state index contributed by atoms with van der Waals surface area (Å²) in [4.78, 5) is 5.73. The number of hydrogen-bond donors (Lipinski definition) is 1. The van der Waals surface area contributed by atoms with E-state index in [4.69, 9.17) is 0 Å². The summed E-state index contributed by atoms with van der Waals surface area (Å²) in [6, 6.07) is 0.495. The molecular formula is C14H24N2S. The van der Waals surface area contributed by atoms with Gasteiger partial charge in [0.2, 0.25) is 0 Å². The van der Waals surface area contributed by atoms with Crippen molar-refractivity contribution in [3.05, 3.63) is 28.7 Å². The van der Waals surface area contributed by atoms with Crippen LogP contribution >= 0.6 is 11.3 Å². The summed E-state index contributed by atoms with van der Waals surface area (Å²) in [7, 11) is 0. The highest BCUT2D eigenvalue weighted by Crippen LogP contribution is 2.25. The first-order valence-corrected chi connectivity index (χ1v) is 7.36. The summed E-state index contributed by atoms with van der Waals surface area (Å²) in [6.45, 7) is 9.01. The van der Waals surface area contributed by atoms with Gasteiger partial charge in [-0.15, -0.1) is 17.9 Å². The Hall–Kier alpha value is -0.670. The van der Waals surface area contributed by atoms with Gasteiger partial charge >= 0.3 is 0 Å². The fourth-order valence-corrected chi connectivity index (χ4v) is 2.84. The molecule has 1 heterocycles. The van der Waals surface area contributed by atoms with Gasteiger partial charge in [0.15, 0.2) is 0 Å². The van der Waals surface area contributed by atoms with E-state index in [1.807, 2.05) is 23.6 Å². The van der Waals surface area contributed by atoms with Gasteiger partial charge in [-0.2, -0.15) is 0 Å². The quantitative estimate of drug-likeness (QED) is 0.525. The number of unbranched alkanes of at least 4 members (excludes halogenated alkanes) is 3. The first kappa shape index (κ1) is 14.4. The standard InChI is InChI=1S/C14H24N2S/c1-4-6-7-8-9-10-13(15-5-2)14-11-16-12(3)17-14/h4,11,13,15H,1,5-10H2,2-3H3. The highest BCUT2D eigenvalue weighted by molar-refractivity contribution is 7.11. The average molecular weight is 252 g/mol. The third-order valence-electron chi connectivity index (χ3n) is 2.83. The van der Waals surface area contributed by atoms with E-state index in [-0.39, 0.29) is 0 Å². The van der Waals surface area contributed by atoms with Crippen LogP contribution in [0.1, 0.15) is 55.0 Å². The molecule has 17 heavy (non-hydrogen) atoms. The van der Waals surface area contributed by atoms with Gasteiger partial charge in [-0.25, -0.2) is 4.98 Å². The Bertz CT molecular complexity index is 320. The molecule has 0 aliphatic heterocycles. The van der Waals surface area contributed by atoms with E-state index >= 15 is 0 Å². The molecule has 0 fully saturated rings. The maximum atomic E-state index is 4.34. The second-order valence-electron chi connectivity index (χ2n) is 4.32. The number of aromatic nitrogens is 1. The zero-order chi connectivity index (χ0) is 12.5. The lowest BCUT2D eigenvalue weighted by Crippen LogP contribution is -2.19. The Kier molecular flexibility index (Phi) is 7.13. The number of thiazole rings is 1. The molecule has 1 unspecified atom stereocenters. The molecule has 0 saturated heterocycles. The molecule has 1 N–H and O–H groups in total. The minimum atomic E-state index is 0.495. The molecule has 1 atom stereocenters. The molecule has 0 aromatic carbocycles. The van der Waals surface area contributed by atoms with Crippen LogP contribution in [0.2, 0.25) is 0 Å². The van der Waals surface area contributed by atoms with Crippen LogP contribution in [-0.4, -0.2) is 11.5 Å². The van der Waals surface area contributed by atoms with Crippen molar-refractivity contribution >= 4 is 11.3 Å². The maximum absolute atomic E-state index is 4.34. The van der Waals surface area contributed by atoms with E-state index in [2.05, 4.69) is 30.7 Å². The molecule has 0 bridgehead atoms.